The van der Waals surface area contributed by atoms with Gasteiger partial charge in [0.25, 0.3) is 0 Å². The Labute approximate surface area is 103 Å². The van der Waals surface area contributed by atoms with Crippen LogP contribution in [0.4, 0.5) is 4.79 Å². The minimum atomic E-state index is -0.118. The molecule has 0 unspecified atom stereocenters. The molecule has 1 aromatic heterocycles. The van der Waals surface area contributed by atoms with E-state index in [1.807, 2.05) is 18.2 Å². The summed E-state index contributed by atoms with van der Waals surface area (Å²) in [6.07, 6.45) is 6.39. The highest BCUT2D eigenvalue weighted by Gasteiger charge is 1.99. The first-order chi connectivity index (χ1) is 8.33. The van der Waals surface area contributed by atoms with Gasteiger partial charge in [-0.3, -0.25) is 4.98 Å². The van der Waals surface area contributed by atoms with Gasteiger partial charge >= 0.3 is 6.03 Å². The summed E-state index contributed by atoms with van der Waals surface area (Å²) >= 11 is 0. The number of aromatic nitrogens is 1. The van der Waals surface area contributed by atoms with Crippen molar-refractivity contribution < 1.29 is 4.79 Å². The molecule has 0 saturated carbocycles. The fourth-order valence-electron chi connectivity index (χ4n) is 1.49. The van der Waals surface area contributed by atoms with Gasteiger partial charge in [0, 0.05) is 12.7 Å². The molecule has 4 heteroatoms. The fraction of sp³-hybridized carbons (Fsp3) is 0.538. The molecule has 1 heterocycles. The van der Waals surface area contributed by atoms with Crippen molar-refractivity contribution in [3.05, 3.63) is 30.1 Å². The maximum atomic E-state index is 11.4. The van der Waals surface area contributed by atoms with Crippen LogP contribution in [0.5, 0.6) is 0 Å². The van der Waals surface area contributed by atoms with E-state index in [0.29, 0.717) is 6.54 Å². The molecule has 17 heavy (non-hydrogen) atoms. The summed E-state index contributed by atoms with van der Waals surface area (Å²) < 4.78 is 0. The fourth-order valence-corrected chi connectivity index (χ4v) is 1.49. The molecule has 0 spiro atoms. The van der Waals surface area contributed by atoms with Gasteiger partial charge in [0.15, 0.2) is 0 Å². The predicted molar refractivity (Wildman–Crippen MR) is 68.6 cm³/mol. The highest BCUT2D eigenvalue weighted by atomic mass is 16.2. The van der Waals surface area contributed by atoms with Gasteiger partial charge < -0.3 is 10.6 Å². The second kappa shape index (κ2) is 8.56. The second-order valence-electron chi connectivity index (χ2n) is 3.99. The lowest BCUT2D eigenvalue weighted by molar-refractivity contribution is 0.240. The molecule has 0 aromatic carbocycles. The number of unbranched alkanes of at least 4 members (excludes halogenated alkanes) is 3. The molecule has 1 aromatic rings. The SMILES string of the molecule is CCCCCCNC(=O)NCc1ccccn1. The van der Waals surface area contributed by atoms with Gasteiger partial charge in [-0.1, -0.05) is 32.3 Å². The van der Waals surface area contributed by atoms with E-state index in [1.54, 1.807) is 6.20 Å². The molecule has 0 aliphatic carbocycles. The Kier molecular flexibility index (Phi) is 6.79. The number of amides is 2. The first kappa shape index (κ1) is 13.5. The van der Waals surface area contributed by atoms with Gasteiger partial charge in [-0.25, -0.2) is 4.79 Å². The predicted octanol–water partition coefficient (Wildman–Crippen LogP) is 2.46. The summed E-state index contributed by atoms with van der Waals surface area (Å²) in [6.45, 7) is 3.39. The molecule has 2 amide bonds. The number of rotatable bonds is 7. The average Bonchev–Trinajstić information content (AvgIpc) is 2.37. The highest BCUT2D eigenvalue weighted by molar-refractivity contribution is 5.73. The molecule has 94 valence electrons. The maximum absolute atomic E-state index is 11.4. The van der Waals surface area contributed by atoms with E-state index in [9.17, 15) is 4.79 Å². The van der Waals surface area contributed by atoms with E-state index < -0.39 is 0 Å². The van der Waals surface area contributed by atoms with Crippen LogP contribution in [0.3, 0.4) is 0 Å². The van der Waals surface area contributed by atoms with Crippen LogP contribution in [-0.4, -0.2) is 17.6 Å². The van der Waals surface area contributed by atoms with Crippen molar-refractivity contribution in [2.24, 2.45) is 0 Å². The molecule has 0 aliphatic rings. The quantitative estimate of drug-likeness (QED) is 0.713. The Morgan fingerprint density at radius 1 is 1.24 bits per heavy atom. The molecule has 0 radical (unpaired) electrons. The van der Waals surface area contributed by atoms with Crippen LogP contribution in [0.1, 0.15) is 38.3 Å². The number of carbonyl (C=O) groups excluding carboxylic acids is 1. The topological polar surface area (TPSA) is 54.0 Å². The standard InChI is InChI=1S/C13H21N3O/c1-2-3-4-6-10-15-13(17)16-11-12-8-5-7-9-14-12/h5,7-9H,2-4,6,10-11H2,1H3,(H2,15,16,17). The first-order valence-electron chi connectivity index (χ1n) is 6.24. The van der Waals surface area contributed by atoms with Crippen molar-refractivity contribution in [3.63, 3.8) is 0 Å². The Balaban J connectivity index is 2.05. The average molecular weight is 235 g/mol. The Morgan fingerprint density at radius 2 is 2.12 bits per heavy atom. The zero-order chi connectivity index (χ0) is 12.3. The second-order valence-corrected chi connectivity index (χ2v) is 3.99. The summed E-state index contributed by atoms with van der Waals surface area (Å²) in [5.74, 6) is 0. The summed E-state index contributed by atoms with van der Waals surface area (Å²) in [5.41, 5.74) is 0.869. The monoisotopic (exact) mass is 235 g/mol. The number of carbonyl (C=O) groups is 1. The molecule has 0 saturated heterocycles. The van der Waals surface area contributed by atoms with E-state index in [1.165, 1.54) is 19.3 Å². The molecular weight excluding hydrogens is 214 g/mol. The largest absolute Gasteiger partial charge is 0.338 e. The van der Waals surface area contributed by atoms with E-state index in [4.69, 9.17) is 0 Å². The number of urea groups is 1. The van der Waals surface area contributed by atoms with E-state index >= 15 is 0 Å². The van der Waals surface area contributed by atoms with E-state index in [-0.39, 0.29) is 6.03 Å². The van der Waals surface area contributed by atoms with Gasteiger partial charge in [0.1, 0.15) is 0 Å². The van der Waals surface area contributed by atoms with Crippen molar-refractivity contribution in [1.82, 2.24) is 15.6 Å². The molecule has 2 N–H and O–H groups in total. The van der Waals surface area contributed by atoms with E-state index in [0.717, 1.165) is 18.7 Å². The number of hydrogen-bond acceptors (Lipinski definition) is 2. The van der Waals surface area contributed by atoms with Crippen LogP contribution >= 0.6 is 0 Å². The number of pyridine rings is 1. The lowest BCUT2D eigenvalue weighted by atomic mass is 10.2. The third-order valence-electron chi connectivity index (χ3n) is 2.47. The Morgan fingerprint density at radius 3 is 2.82 bits per heavy atom. The van der Waals surface area contributed by atoms with Crippen molar-refractivity contribution in [3.8, 4) is 0 Å². The zero-order valence-electron chi connectivity index (χ0n) is 10.4. The van der Waals surface area contributed by atoms with Crippen molar-refractivity contribution in [2.45, 2.75) is 39.2 Å². The molecule has 0 aliphatic heterocycles. The summed E-state index contributed by atoms with van der Waals surface area (Å²) in [4.78, 5) is 15.5. The third kappa shape index (κ3) is 6.56. The summed E-state index contributed by atoms with van der Waals surface area (Å²) in [6, 6.07) is 5.54. The lowest BCUT2D eigenvalue weighted by Crippen LogP contribution is -2.35. The number of hydrogen-bond donors (Lipinski definition) is 2. The highest BCUT2D eigenvalue weighted by Crippen LogP contribution is 1.97. The number of nitrogens with one attached hydrogen (secondary N) is 2. The Bertz CT molecular complexity index is 314. The first-order valence-corrected chi connectivity index (χ1v) is 6.24. The maximum Gasteiger partial charge on any atom is 0.315 e. The van der Waals surface area contributed by atoms with Crippen molar-refractivity contribution in [2.75, 3.05) is 6.54 Å². The molecule has 1 rings (SSSR count). The normalized spacial score (nSPS) is 9.94. The van der Waals surface area contributed by atoms with E-state index in [2.05, 4.69) is 22.5 Å². The molecule has 0 bridgehead atoms. The minimum Gasteiger partial charge on any atom is -0.338 e. The molecule has 0 atom stereocenters. The van der Waals surface area contributed by atoms with Gasteiger partial charge in [-0.2, -0.15) is 0 Å². The summed E-state index contributed by atoms with van der Waals surface area (Å²) in [5, 5.41) is 5.61. The minimum absolute atomic E-state index is 0.118. The Hall–Kier alpha value is -1.58. The van der Waals surface area contributed by atoms with Crippen LogP contribution in [-0.2, 0) is 6.54 Å². The van der Waals surface area contributed by atoms with Crippen LogP contribution in [0.15, 0.2) is 24.4 Å². The van der Waals surface area contributed by atoms with Crippen LogP contribution in [0.2, 0.25) is 0 Å². The lowest BCUT2D eigenvalue weighted by Gasteiger charge is -2.06. The molecule has 4 nitrogen and oxygen atoms in total. The van der Waals surface area contributed by atoms with Crippen LogP contribution < -0.4 is 10.6 Å². The van der Waals surface area contributed by atoms with Gasteiger partial charge in [0.2, 0.25) is 0 Å². The summed E-state index contributed by atoms with van der Waals surface area (Å²) in [7, 11) is 0. The number of nitrogens with zero attached hydrogens (tertiary/aromatic N) is 1. The molecule has 0 fully saturated rings. The van der Waals surface area contributed by atoms with Crippen LogP contribution in [0.25, 0.3) is 0 Å². The van der Waals surface area contributed by atoms with Gasteiger partial charge in [-0.15, -0.1) is 0 Å². The van der Waals surface area contributed by atoms with Gasteiger partial charge in [0.05, 0.1) is 12.2 Å². The van der Waals surface area contributed by atoms with Crippen molar-refractivity contribution in [1.29, 1.82) is 0 Å². The smallest absolute Gasteiger partial charge is 0.315 e. The van der Waals surface area contributed by atoms with Crippen molar-refractivity contribution >= 4 is 6.03 Å². The van der Waals surface area contributed by atoms with Gasteiger partial charge in [-0.05, 0) is 18.6 Å². The molecular formula is C13H21N3O. The van der Waals surface area contributed by atoms with Crippen LogP contribution in [0, 0.1) is 0 Å². The third-order valence-corrected chi connectivity index (χ3v) is 2.47. The zero-order valence-corrected chi connectivity index (χ0v) is 10.4.